The molecule has 1 fully saturated rings. The zero-order chi connectivity index (χ0) is 42.1. The Balaban J connectivity index is 0.000000440. The van der Waals surface area contributed by atoms with Crippen LogP contribution >= 0.6 is 11.6 Å². The molecule has 4 aromatic rings. The zero-order valence-corrected chi connectivity index (χ0v) is 29.6. The molecule has 0 spiro atoms. The predicted octanol–water partition coefficient (Wildman–Crippen LogP) is 6.02. The normalized spacial score (nSPS) is 13.6. The lowest BCUT2D eigenvalue weighted by molar-refractivity contribution is -0.193. The van der Waals surface area contributed by atoms with Crippen LogP contribution in [0.3, 0.4) is 0 Å². The number of carbonyl (C=O) groups excluding carboxylic acids is 2. The van der Waals surface area contributed by atoms with E-state index in [-0.39, 0.29) is 44.3 Å². The van der Waals surface area contributed by atoms with E-state index in [1.807, 2.05) is 18.2 Å². The summed E-state index contributed by atoms with van der Waals surface area (Å²) in [6.45, 7) is 0.796. The SMILES string of the molecule is O=C(COc1ccc2cc1CCc1cncc(c1)Nc1ncc(Cl)c(n1)N2)N1CCN(C(=O)c2ccc(F)cc2F)CC1.O=C(O)C(F)(F)F.O=C(O)C(F)(F)F. The van der Waals surface area contributed by atoms with Crippen LogP contribution < -0.4 is 15.4 Å². The number of anilines is 4. The maximum Gasteiger partial charge on any atom is 0.490 e. The standard InChI is InChI=1S/C30H26ClF2N7O3.2C2HF3O2/c31-24-16-35-30-37-22-11-18(14-34-15-22)1-2-19-12-21(36-28(24)38-30)4-6-26(19)43-17-27(41)39-7-9-40(10-8-39)29(42)23-5-3-20(32)13-25(23)33;2*3-2(4,5)1(6)7/h3-6,11-16H,1-2,7-10,17H2,(H2,35,36,37,38);2*(H,6,7). The number of aliphatic carboxylic acids is 2. The van der Waals surface area contributed by atoms with E-state index < -0.39 is 41.8 Å². The molecule has 23 heteroatoms. The highest BCUT2D eigenvalue weighted by molar-refractivity contribution is 6.32. The fraction of sp³-hybridized carbons (Fsp3) is 0.265. The Morgan fingerprint density at radius 1 is 0.789 bits per heavy atom. The number of hydrogen-bond donors (Lipinski definition) is 4. The first-order chi connectivity index (χ1) is 26.7. The lowest BCUT2D eigenvalue weighted by atomic mass is 10.0. The molecule has 57 heavy (non-hydrogen) atoms. The first-order valence-electron chi connectivity index (χ1n) is 16.1. The first kappa shape index (κ1) is 43.4. The summed E-state index contributed by atoms with van der Waals surface area (Å²) in [5, 5.41) is 21.0. The zero-order valence-electron chi connectivity index (χ0n) is 28.8. The summed E-state index contributed by atoms with van der Waals surface area (Å²) < 4.78 is 96.8. The molecule has 4 N–H and O–H groups in total. The van der Waals surface area contributed by atoms with Gasteiger partial charge >= 0.3 is 24.3 Å². The van der Waals surface area contributed by atoms with E-state index in [4.69, 9.17) is 36.1 Å². The monoisotopic (exact) mass is 833 g/mol. The van der Waals surface area contributed by atoms with Gasteiger partial charge < -0.3 is 35.4 Å². The van der Waals surface area contributed by atoms with Crippen LogP contribution in [0, 0.1) is 11.6 Å². The van der Waals surface area contributed by atoms with Crippen molar-refractivity contribution in [3.05, 3.63) is 94.4 Å². The topological polar surface area (TPSA) is 187 Å². The number of aromatic nitrogens is 3. The Hall–Kier alpha value is -6.32. The number of rotatable bonds is 4. The van der Waals surface area contributed by atoms with Crippen LogP contribution in [-0.2, 0) is 27.2 Å². The van der Waals surface area contributed by atoms with E-state index in [1.54, 1.807) is 23.4 Å². The minimum atomic E-state index is -5.08. The van der Waals surface area contributed by atoms with Crippen LogP contribution in [0.5, 0.6) is 5.75 Å². The Labute approximate surface area is 321 Å². The van der Waals surface area contributed by atoms with Gasteiger partial charge in [0, 0.05) is 44.1 Å². The Morgan fingerprint density at radius 3 is 2.04 bits per heavy atom. The third kappa shape index (κ3) is 12.6. The number of alkyl halides is 6. The van der Waals surface area contributed by atoms with Crippen LogP contribution in [0.25, 0.3) is 0 Å². The van der Waals surface area contributed by atoms with Crippen LogP contribution in [0.2, 0.25) is 5.02 Å². The molecule has 2 aromatic carbocycles. The van der Waals surface area contributed by atoms with Gasteiger partial charge in [-0.1, -0.05) is 11.6 Å². The first-order valence-corrected chi connectivity index (χ1v) is 16.5. The minimum absolute atomic E-state index is 0.192. The van der Waals surface area contributed by atoms with Gasteiger partial charge in [-0.3, -0.25) is 14.6 Å². The van der Waals surface area contributed by atoms with E-state index in [1.165, 1.54) is 11.1 Å². The number of aryl methyl sites for hydroxylation is 2. The molecule has 0 saturated carbocycles. The van der Waals surface area contributed by atoms with Crippen molar-refractivity contribution >= 4 is 58.5 Å². The van der Waals surface area contributed by atoms with Gasteiger partial charge in [-0.2, -0.15) is 31.3 Å². The molecule has 0 atom stereocenters. The third-order valence-corrected chi connectivity index (χ3v) is 8.00. The number of nitrogens with one attached hydrogen (secondary N) is 2. The molecule has 6 rings (SSSR count). The number of carboxylic acid groups (broad SMARTS) is 2. The predicted molar refractivity (Wildman–Crippen MR) is 183 cm³/mol. The molecule has 4 heterocycles. The maximum absolute atomic E-state index is 14.1. The molecule has 2 aromatic heterocycles. The number of nitrogens with zero attached hydrogens (tertiary/aromatic N) is 5. The second-order valence-corrected chi connectivity index (χ2v) is 12.1. The number of carboxylic acids is 2. The number of carbonyl (C=O) groups is 4. The molecule has 2 amide bonds. The van der Waals surface area contributed by atoms with E-state index in [9.17, 15) is 44.7 Å². The van der Waals surface area contributed by atoms with Crippen molar-refractivity contribution in [2.45, 2.75) is 25.2 Å². The van der Waals surface area contributed by atoms with Gasteiger partial charge in [0.05, 0.1) is 23.6 Å². The molecule has 2 aliphatic heterocycles. The average Bonchev–Trinajstić information content (AvgIpc) is 3.14. The second-order valence-electron chi connectivity index (χ2n) is 11.7. The number of piperazine rings is 1. The summed E-state index contributed by atoms with van der Waals surface area (Å²) >= 11 is 6.35. The summed E-state index contributed by atoms with van der Waals surface area (Å²) in [4.78, 5) is 59.6. The van der Waals surface area contributed by atoms with E-state index >= 15 is 0 Å². The summed E-state index contributed by atoms with van der Waals surface area (Å²) in [5.41, 5.74) is 3.15. The quantitative estimate of drug-likeness (QED) is 0.176. The summed E-state index contributed by atoms with van der Waals surface area (Å²) in [5.74, 6) is -6.58. The highest BCUT2D eigenvalue weighted by atomic mass is 35.5. The van der Waals surface area contributed by atoms with E-state index in [0.717, 1.165) is 34.6 Å². The maximum atomic E-state index is 14.1. The largest absolute Gasteiger partial charge is 0.490 e. The number of ether oxygens (including phenoxy) is 1. The molecule has 2 aliphatic rings. The average molecular weight is 834 g/mol. The number of amides is 2. The molecule has 1 saturated heterocycles. The van der Waals surface area contributed by atoms with Crippen LogP contribution in [-0.4, -0.2) is 104 Å². The van der Waals surface area contributed by atoms with Gasteiger partial charge in [0.1, 0.15) is 22.4 Å². The van der Waals surface area contributed by atoms with Crippen molar-refractivity contribution in [1.82, 2.24) is 24.8 Å². The Bertz CT molecular complexity index is 2090. The highest BCUT2D eigenvalue weighted by Crippen LogP contribution is 2.30. The lowest BCUT2D eigenvalue weighted by Crippen LogP contribution is -2.51. The summed E-state index contributed by atoms with van der Waals surface area (Å²) in [7, 11) is 0. The van der Waals surface area contributed by atoms with Gasteiger partial charge in [0.2, 0.25) is 5.95 Å². The van der Waals surface area contributed by atoms with Crippen molar-refractivity contribution in [2.24, 2.45) is 0 Å². The number of hydrogen-bond acceptors (Lipinski definition) is 10. The molecular weight excluding hydrogens is 806 g/mol. The van der Waals surface area contributed by atoms with Gasteiger partial charge in [-0.25, -0.2) is 23.4 Å². The molecular formula is C34H28ClF8N7O7. The fourth-order valence-corrected chi connectivity index (χ4v) is 5.11. The van der Waals surface area contributed by atoms with E-state index in [2.05, 4.69) is 25.6 Å². The van der Waals surface area contributed by atoms with Crippen molar-refractivity contribution < 1.29 is 69.3 Å². The molecule has 0 aliphatic carbocycles. The van der Waals surface area contributed by atoms with Crippen molar-refractivity contribution in [1.29, 1.82) is 0 Å². The molecule has 304 valence electrons. The van der Waals surface area contributed by atoms with Crippen molar-refractivity contribution in [2.75, 3.05) is 43.4 Å². The van der Waals surface area contributed by atoms with Crippen LogP contribution in [0.1, 0.15) is 21.5 Å². The molecule has 0 unspecified atom stereocenters. The lowest BCUT2D eigenvalue weighted by Gasteiger charge is -2.34. The van der Waals surface area contributed by atoms with Gasteiger partial charge in [-0.05, 0) is 60.4 Å². The number of halogens is 9. The Kier molecular flexibility index (Phi) is 14.1. The molecule has 6 bridgehead atoms. The number of fused-ring (bicyclic) bond motifs is 6. The van der Waals surface area contributed by atoms with Crippen LogP contribution in [0.4, 0.5) is 58.3 Å². The third-order valence-electron chi connectivity index (χ3n) is 7.72. The highest BCUT2D eigenvalue weighted by Gasteiger charge is 2.39. The molecule has 14 nitrogen and oxygen atoms in total. The number of pyridine rings is 1. The summed E-state index contributed by atoms with van der Waals surface area (Å²) in [6, 6.07) is 10.4. The van der Waals surface area contributed by atoms with E-state index in [0.29, 0.717) is 41.4 Å². The van der Waals surface area contributed by atoms with Gasteiger partial charge in [-0.15, -0.1) is 0 Å². The number of benzene rings is 2. The van der Waals surface area contributed by atoms with Gasteiger partial charge in [0.15, 0.2) is 12.4 Å². The van der Waals surface area contributed by atoms with Crippen LogP contribution in [0.15, 0.2) is 61.1 Å². The van der Waals surface area contributed by atoms with Gasteiger partial charge in [0.25, 0.3) is 11.8 Å². The molecule has 0 radical (unpaired) electrons. The van der Waals surface area contributed by atoms with Crippen molar-refractivity contribution in [3.63, 3.8) is 0 Å². The smallest absolute Gasteiger partial charge is 0.483 e. The fourth-order valence-electron chi connectivity index (χ4n) is 4.97. The Morgan fingerprint density at radius 2 is 1.42 bits per heavy atom. The minimum Gasteiger partial charge on any atom is -0.483 e. The summed E-state index contributed by atoms with van der Waals surface area (Å²) in [6.07, 6.45) is -3.90. The second kappa shape index (κ2) is 18.5. The van der Waals surface area contributed by atoms with Crippen molar-refractivity contribution in [3.8, 4) is 5.75 Å².